The SMILES string of the molecule is Nc1c(F)ccc(S(=O)(=O)N2CCCC2CO)c1F. The van der Waals surface area contributed by atoms with Gasteiger partial charge in [0, 0.05) is 12.6 Å². The first-order valence-electron chi connectivity index (χ1n) is 5.75. The van der Waals surface area contributed by atoms with Gasteiger partial charge in [-0.15, -0.1) is 0 Å². The predicted molar refractivity (Wildman–Crippen MR) is 64.8 cm³/mol. The van der Waals surface area contributed by atoms with Crippen molar-refractivity contribution in [1.82, 2.24) is 4.31 Å². The van der Waals surface area contributed by atoms with Crippen LogP contribution in [0.5, 0.6) is 0 Å². The fourth-order valence-electron chi connectivity index (χ4n) is 2.18. The molecule has 1 saturated heterocycles. The molecule has 1 fully saturated rings. The van der Waals surface area contributed by atoms with Gasteiger partial charge in [0.15, 0.2) is 5.82 Å². The highest BCUT2D eigenvalue weighted by molar-refractivity contribution is 7.89. The summed E-state index contributed by atoms with van der Waals surface area (Å²) in [6.45, 7) is -0.137. The van der Waals surface area contributed by atoms with E-state index in [2.05, 4.69) is 0 Å². The third-order valence-electron chi connectivity index (χ3n) is 3.21. The standard InChI is InChI=1S/C11H14F2N2O3S/c12-8-3-4-9(10(13)11(8)14)19(17,18)15-5-1-2-7(15)6-16/h3-4,7,16H,1-2,5-6,14H2. The molecule has 0 radical (unpaired) electrons. The molecule has 0 aliphatic carbocycles. The molecule has 1 aliphatic heterocycles. The molecule has 1 atom stereocenters. The summed E-state index contributed by atoms with van der Waals surface area (Å²) in [7, 11) is -4.12. The van der Waals surface area contributed by atoms with Crippen molar-refractivity contribution in [3.05, 3.63) is 23.8 Å². The number of halogens is 2. The lowest BCUT2D eigenvalue weighted by Gasteiger charge is -2.22. The fourth-order valence-corrected chi connectivity index (χ4v) is 3.95. The van der Waals surface area contributed by atoms with Crippen molar-refractivity contribution >= 4 is 15.7 Å². The predicted octanol–water partition coefficient (Wildman–Crippen LogP) is 0.692. The number of hydrogen-bond donors (Lipinski definition) is 2. The molecule has 1 aromatic rings. The van der Waals surface area contributed by atoms with Crippen LogP contribution in [-0.4, -0.2) is 37.0 Å². The molecule has 1 aromatic carbocycles. The second kappa shape index (κ2) is 5.03. The van der Waals surface area contributed by atoms with Crippen molar-refractivity contribution in [2.24, 2.45) is 0 Å². The summed E-state index contributed by atoms with van der Waals surface area (Å²) >= 11 is 0. The van der Waals surface area contributed by atoms with Crippen LogP contribution in [-0.2, 0) is 10.0 Å². The summed E-state index contributed by atoms with van der Waals surface area (Å²) in [5.74, 6) is -2.29. The van der Waals surface area contributed by atoms with Gasteiger partial charge in [-0.2, -0.15) is 4.31 Å². The van der Waals surface area contributed by atoms with Crippen molar-refractivity contribution in [2.75, 3.05) is 18.9 Å². The van der Waals surface area contributed by atoms with Gasteiger partial charge in [0.1, 0.15) is 16.4 Å². The molecule has 0 amide bonds. The summed E-state index contributed by atoms with van der Waals surface area (Å²) < 4.78 is 52.5. The molecule has 1 aliphatic rings. The normalized spacial score (nSPS) is 20.9. The highest BCUT2D eigenvalue weighted by Crippen LogP contribution is 2.30. The van der Waals surface area contributed by atoms with E-state index in [1.54, 1.807) is 0 Å². The Bertz CT molecular complexity index is 592. The number of sulfonamides is 1. The minimum Gasteiger partial charge on any atom is -0.395 e. The van der Waals surface area contributed by atoms with Crippen molar-refractivity contribution in [3.8, 4) is 0 Å². The van der Waals surface area contributed by atoms with Crippen LogP contribution in [0.25, 0.3) is 0 Å². The number of aliphatic hydroxyl groups excluding tert-OH is 1. The summed E-state index contributed by atoms with van der Waals surface area (Å²) in [6.07, 6.45) is 1.09. The van der Waals surface area contributed by atoms with Crippen molar-refractivity contribution in [1.29, 1.82) is 0 Å². The van der Waals surface area contributed by atoms with Gasteiger partial charge in [-0.1, -0.05) is 0 Å². The first-order valence-corrected chi connectivity index (χ1v) is 7.19. The third kappa shape index (κ3) is 2.31. The Morgan fingerprint density at radius 1 is 1.42 bits per heavy atom. The Balaban J connectivity index is 2.48. The molecule has 8 heteroatoms. The zero-order chi connectivity index (χ0) is 14.2. The van der Waals surface area contributed by atoms with Gasteiger partial charge < -0.3 is 10.8 Å². The second-order valence-corrected chi connectivity index (χ2v) is 6.23. The number of nitrogens with zero attached hydrogens (tertiary/aromatic N) is 1. The lowest BCUT2D eigenvalue weighted by Crippen LogP contribution is -2.38. The van der Waals surface area contributed by atoms with E-state index >= 15 is 0 Å². The topological polar surface area (TPSA) is 83.6 Å². The smallest absolute Gasteiger partial charge is 0.246 e. The summed E-state index contributed by atoms with van der Waals surface area (Å²) in [5, 5.41) is 9.13. The Morgan fingerprint density at radius 3 is 2.74 bits per heavy atom. The second-order valence-electron chi connectivity index (χ2n) is 4.37. The first kappa shape index (κ1) is 14.2. The van der Waals surface area contributed by atoms with Gasteiger partial charge in [-0.3, -0.25) is 0 Å². The van der Waals surface area contributed by atoms with Crippen LogP contribution in [0.1, 0.15) is 12.8 Å². The van der Waals surface area contributed by atoms with Crippen molar-refractivity contribution in [3.63, 3.8) is 0 Å². The monoisotopic (exact) mass is 292 g/mol. The lowest BCUT2D eigenvalue weighted by atomic mass is 10.2. The van der Waals surface area contributed by atoms with Gasteiger partial charge in [-0.25, -0.2) is 17.2 Å². The average molecular weight is 292 g/mol. The minimum absolute atomic E-state index is 0.199. The van der Waals surface area contributed by atoms with E-state index in [9.17, 15) is 17.2 Å². The maximum atomic E-state index is 13.8. The highest BCUT2D eigenvalue weighted by Gasteiger charge is 2.37. The number of nitrogen functional groups attached to an aromatic ring is 1. The van der Waals surface area contributed by atoms with Crippen LogP contribution >= 0.6 is 0 Å². The number of rotatable bonds is 3. The highest BCUT2D eigenvalue weighted by atomic mass is 32.2. The molecule has 0 aromatic heterocycles. The molecule has 106 valence electrons. The lowest BCUT2D eigenvalue weighted by molar-refractivity contribution is 0.213. The fraction of sp³-hybridized carbons (Fsp3) is 0.455. The molecule has 1 unspecified atom stereocenters. The van der Waals surface area contributed by atoms with Crippen molar-refractivity contribution < 1.29 is 22.3 Å². The Kier molecular flexibility index (Phi) is 3.75. The van der Waals surface area contributed by atoms with Gasteiger partial charge in [0.25, 0.3) is 0 Å². The van der Waals surface area contributed by atoms with Gasteiger partial charge >= 0.3 is 0 Å². The number of aliphatic hydroxyl groups is 1. The zero-order valence-electron chi connectivity index (χ0n) is 10.0. The Morgan fingerprint density at radius 2 is 2.11 bits per heavy atom. The van der Waals surface area contributed by atoms with E-state index in [4.69, 9.17) is 10.8 Å². The maximum Gasteiger partial charge on any atom is 0.246 e. The summed E-state index contributed by atoms with van der Waals surface area (Å²) in [4.78, 5) is -0.660. The maximum absolute atomic E-state index is 13.8. The van der Waals surface area contributed by atoms with E-state index < -0.39 is 38.3 Å². The molecule has 5 nitrogen and oxygen atoms in total. The van der Waals surface area contributed by atoms with Crippen LogP contribution in [0, 0.1) is 11.6 Å². The molecule has 0 spiro atoms. The molecule has 19 heavy (non-hydrogen) atoms. The molecule has 2 rings (SSSR count). The average Bonchev–Trinajstić information content (AvgIpc) is 2.84. The number of anilines is 1. The summed E-state index contributed by atoms with van der Waals surface area (Å²) in [5.41, 5.74) is 4.34. The van der Waals surface area contributed by atoms with Crippen LogP contribution < -0.4 is 5.73 Å². The third-order valence-corrected chi connectivity index (χ3v) is 5.18. The van der Waals surface area contributed by atoms with E-state index in [-0.39, 0.29) is 13.2 Å². The molecule has 0 bridgehead atoms. The number of nitrogens with two attached hydrogens (primary N) is 1. The van der Waals surface area contributed by atoms with E-state index in [1.807, 2.05) is 0 Å². The largest absolute Gasteiger partial charge is 0.395 e. The van der Waals surface area contributed by atoms with Gasteiger partial charge in [-0.05, 0) is 25.0 Å². The van der Waals surface area contributed by atoms with Crippen LogP contribution in [0.2, 0.25) is 0 Å². The van der Waals surface area contributed by atoms with Crippen LogP contribution in [0.3, 0.4) is 0 Å². The zero-order valence-corrected chi connectivity index (χ0v) is 10.8. The van der Waals surface area contributed by atoms with Crippen LogP contribution in [0.15, 0.2) is 17.0 Å². The molecular formula is C11H14F2N2O3S. The number of hydrogen-bond acceptors (Lipinski definition) is 4. The first-order chi connectivity index (χ1) is 8.89. The minimum atomic E-state index is -4.12. The number of benzene rings is 1. The quantitative estimate of drug-likeness (QED) is 0.803. The van der Waals surface area contributed by atoms with E-state index in [1.165, 1.54) is 0 Å². The van der Waals surface area contributed by atoms with Crippen LogP contribution in [0.4, 0.5) is 14.5 Å². The molecular weight excluding hydrogens is 278 g/mol. The van der Waals surface area contributed by atoms with Gasteiger partial charge in [0.05, 0.1) is 6.61 Å². The van der Waals surface area contributed by atoms with E-state index in [0.29, 0.717) is 12.8 Å². The Labute approximate surface area is 109 Å². The Hall–Kier alpha value is -1.25. The van der Waals surface area contributed by atoms with Crippen molar-refractivity contribution in [2.45, 2.75) is 23.8 Å². The van der Waals surface area contributed by atoms with E-state index in [0.717, 1.165) is 16.4 Å². The molecule has 0 saturated carbocycles. The molecule has 1 heterocycles. The summed E-state index contributed by atoms with van der Waals surface area (Å²) in [6, 6.07) is 1.09. The van der Waals surface area contributed by atoms with Gasteiger partial charge in [0.2, 0.25) is 10.0 Å². The molecule has 3 N–H and O–H groups in total.